The second-order valence-corrected chi connectivity index (χ2v) is 2.87. The van der Waals surface area contributed by atoms with Gasteiger partial charge in [-0.3, -0.25) is 0 Å². The standard InChI is InChI=1S/C9H11Cl/c1-8-4-2-3-5-9(8)6-7-10/h2-5H2,1H3. The van der Waals surface area contributed by atoms with Crippen molar-refractivity contribution in [2.45, 2.75) is 32.6 Å². The van der Waals surface area contributed by atoms with Gasteiger partial charge in [-0.1, -0.05) is 11.5 Å². The van der Waals surface area contributed by atoms with Gasteiger partial charge in [-0.15, -0.1) is 0 Å². The molecular formula is C9H11Cl. The normalized spacial score (nSPS) is 18.2. The van der Waals surface area contributed by atoms with E-state index in [1.165, 1.54) is 30.4 Å². The SMILES string of the molecule is CC1=C(C#CCl)CCCC1. The van der Waals surface area contributed by atoms with Gasteiger partial charge in [0.15, 0.2) is 0 Å². The number of hydrogen-bond donors (Lipinski definition) is 0. The van der Waals surface area contributed by atoms with E-state index in [4.69, 9.17) is 11.6 Å². The molecule has 0 aromatic heterocycles. The van der Waals surface area contributed by atoms with Crippen LogP contribution in [-0.4, -0.2) is 0 Å². The van der Waals surface area contributed by atoms with Crippen molar-refractivity contribution >= 4 is 11.6 Å². The van der Waals surface area contributed by atoms with Gasteiger partial charge >= 0.3 is 0 Å². The van der Waals surface area contributed by atoms with E-state index >= 15 is 0 Å². The van der Waals surface area contributed by atoms with E-state index in [1.54, 1.807) is 0 Å². The molecule has 0 unspecified atom stereocenters. The van der Waals surface area contributed by atoms with Gasteiger partial charge in [-0.25, -0.2) is 0 Å². The van der Waals surface area contributed by atoms with Crippen LogP contribution in [0.2, 0.25) is 0 Å². The Balaban J connectivity index is 2.74. The van der Waals surface area contributed by atoms with Crippen LogP contribution in [-0.2, 0) is 0 Å². The van der Waals surface area contributed by atoms with Crippen LogP contribution in [0.4, 0.5) is 0 Å². The van der Waals surface area contributed by atoms with Gasteiger partial charge in [0, 0.05) is 11.0 Å². The van der Waals surface area contributed by atoms with Crippen LogP contribution in [0.5, 0.6) is 0 Å². The molecule has 0 atom stereocenters. The van der Waals surface area contributed by atoms with Crippen molar-refractivity contribution in [2.24, 2.45) is 0 Å². The highest BCUT2D eigenvalue weighted by Crippen LogP contribution is 2.23. The Kier molecular flexibility index (Phi) is 2.83. The molecule has 0 amide bonds. The molecule has 0 radical (unpaired) electrons. The Morgan fingerprint density at radius 3 is 2.60 bits per heavy atom. The van der Waals surface area contributed by atoms with E-state index in [0.29, 0.717) is 0 Å². The summed E-state index contributed by atoms with van der Waals surface area (Å²) in [6.45, 7) is 2.15. The molecular weight excluding hydrogens is 144 g/mol. The van der Waals surface area contributed by atoms with Crippen LogP contribution in [0.3, 0.4) is 0 Å². The molecule has 0 N–H and O–H groups in total. The zero-order chi connectivity index (χ0) is 7.40. The van der Waals surface area contributed by atoms with Crippen molar-refractivity contribution < 1.29 is 0 Å². The smallest absolute Gasteiger partial charge is 0.00918 e. The number of rotatable bonds is 0. The Bertz CT molecular complexity index is 203. The summed E-state index contributed by atoms with van der Waals surface area (Å²) >= 11 is 5.30. The summed E-state index contributed by atoms with van der Waals surface area (Å²) in [5.41, 5.74) is 2.70. The molecule has 1 aliphatic rings. The molecule has 1 heteroatoms. The van der Waals surface area contributed by atoms with Gasteiger partial charge in [-0.2, -0.15) is 0 Å². The predicted octanol–water partition coefficient (Wildman–Crippen LogP) is 3.08. The second kappa shape index (κ2) is 3.68. The summed E-state index contributed by atoms with van der Waals surface area (Å²) in [5, 5.41) is 2.43. The minimum absolute atomic E-state index is 1.13. The van der Waals surface area contributed by atoms with E-state index in [9.17, 15) is 0 Å². The number of hydrogen-bond acceptors (Lipinski definition) is 0. The van der Waals surface area contributed by atoms with Crippen molar-refractivity contribution in [3.8, 4) is 11.3 Å². The topological polar surface area (TPSA) is 0 Å². The Morgan fingerprint density at radius 2 is 2.00 bits per heavy atom. The van der Waals surface area contributed by atoms with Crippen LogP contribution >= 0.6 is 11.6 Å². The average Bonchev–Trinajstić information content (AvgIpc) is 1.94. The zero-order valence-electron chi connectivity index (χ0n) is 6.21. The fourth-order valence-corrected chi connectivity index (χ4v) is 1.40. The van der Waals surface area contributed by atoms with E-state index < -0.39 is 0 Å². The molecule has 0 saturated carbocycles. The first kappa shape index (κ1) is 7.69. The van der Waals surface area contributed by atoms with Crippen molar-refractivity contribution in [1.29, 1.82) is 0 Å². The molecule has 0 bridgehead atoms. The lowest BCUT2D eigenvalue weighted by Crippen LogP contribution is -1.94. The Hall–Kier alpha value is -0.410. The predicted molar refractivity (Wildman–Crippen MR) is 44.8 cm³/mol. The molecule has 1 aliphatic carbocycles. The molecule has 10 heavy (non-hydrogen) atoms. The van der Waals surface area contributed by atoms with Gasteiger partial charge in [-0.05, 0) is 44.2 Å². The maximum absolute atomic E-state index is 5.30. The quantitative estimate of drug-likeness (QED) is 0.471. The lowest BCUT2D eigenvalue weighted by atomic mass is 9.93. The van der Waals surface area contributed by atoms with Crippen molar-refractivity contribution in [1.82, 2.24) is 0 Å². The lowest BCUT2D eigenvalue weighted by Gasteiger charge is -2.11. The van der Waals surface area contributed by atoms with Gasteiger partial charge in [0.25, 0.3) is 0 Å². The van der Waals surface area contributed by atoms with Gasteiger partial charge in [0.2, 0.25) is 0 Å². The molecule has 0 aliphatic heterocycles. The molecule has 54 valence electrons. The molecule has 0 heterocycles. The average molecular weight is 155 g/mol. The number of allylic oxidation sites excluding steroid dienone is 2. The fourth-order valence-electron chi connectivity index (χ4n) is 1.28. The maximum Gasteiger partial charge on any atom is 0.00918 e. The van der Waals surface area contributed by atoms with Crippen LogP contribution in [0.25, 0.3) is 0 Å². The van der Waals surface area contributed by atoms with Gasteiger partial charge in [0.05, 0.1) is 0 Å². The van der Waals surface area contributed by atoms with E-state index in [-0.39, 0.29) is 0 Å². The minimum atomic E-state index is 1.13. The third-order valence-electron chi connectivity index (χ3n) is 1.94. The summed E-state index contributed by atoms with van der Waals surface area (Å²) in [5.74, 6) is 2.93. The van der Waals surface area contributed by atoms with E-state index in [1.807, 2.05) is 0 Å². The first-order valence-corrected chi connectivity index (χ1v) is 4.02. The fraction of sp³-hybridized carbons (Fsp3) is 0.556. The molecule has 0 fully saturated rings. The monoisotopic (exact) mass is 154 g/mol. The van der Waals surface area contributed by atoms with Crippen molar-refractivity contribution in [2.75, 3.05) is 0 Å². The Labute approximate surface area is 67.3 Å². The molecule has 0 nitrogen and oxygen atoms in total. The summed E-state index contributed by atoms with van der Waals surface area (Å²) in [6, 6.07) is 0. The zero-order valence-corrected chi connectivity index (χ0v) is 6.96. The van der Waals surface area contributed by atoms with Crippen molar-refractivity contribution in [3.05, 3.63) is 11.1 Å². The highest BCUT2D eigenvalue weighted by atomic mass is 35.5. The van der Waals surface area contributed by atoms with E-state index in [2.05, 4.69) is 18.2 Å². The molecule has 1 rings (SSSR count). The van der Waals surface area contributed by atoms with Crippen molar-refractivity contribution in [3.63, 3.8) is 0 Å². The summed E-state index contributed by atoms with van der Waals surface area (Å²) in [7, 11) is 0. The number of halogens is 1. The molecule has 0 spiro atoms. The van der Waals surface area contributed by atoms with Crippen LogP contribution in [0, 0.1) is 11.3 Å². The third kappa shape index (κ3) is 1.78. The summed E-state index contributed by atoms with van der Waals surface area (Å²) < 4.78 is 0. The molecule has 0 aromatic rings. The van der Waals surface area contributed by atoms with Crippen LogP contribution in [0.15, 0.2) is 11.1 Å². The van der Waals surface area contributed by atoms with E-state index in [0.717, 1.165) is 6.42 Å². The summed E-state index contributed by atoms with van der Waals surface area (Å²) in [4.78, 5) is 0. The lowest BCUT2D eigenvalue weighted by molar-refractivity contribution is 0.686. The van der Waals surface area contributed by atoms with Crippen LogP contribution < -0.4 is 0 Å². The Morgan fingerprint density at radius 1 is 1.30 bits per heavy atom. The third-order valence-corrected chi connectivity index (χ3v) is 2.04. The molecule has 0 aromatic carbocycles. The largest absolute Gasteiger partial charge is 0.0617 e. The molecule has 0 saturated heterocycles. The maximum atomic E-state index is 5.30. The minimum Gasteiger partial charge on any atom is -0.0617 e. The first-order chi connectivity index (χ1) is 4.84. The summed E-state index contributed by atoms with van der Waals surface area (Å²) in [6.07, 6.45) is 4.93. The first-order valence-electron chi connectivity index (χ1n) is 3.65. The van der Waals surface area contributed by atoms with Gasteiger partial charge < -0.3 is 0 Å². The highest BCUT2D eigenvalue weighted by Gasteiger charge is 2.05. The van der Waals surface area contributed by atoms with Gasteiger partial charge in [0.1, 0.15) is 0 Å². The van der Waals surface area contributed by atoms with Crippen LogP contribution in [0.1, 0.15) is 32.6 Å². The highest BCUT2D eigenvalue weighted by molar-refractivity contribution is 6.30. The second-order valence-electron chi connectivity index (χ2n) is 2.69.